The molecule has 96 valence electrons. The van der Waals surface area contributed by atoms with Gasteiger partial charge < -0.3 is 14.6 Å². The second-order valence-electron chi connectivity index (χ2n) is 3.71. The number of hydrogen-bond acceptors (Lipinski definition) is 5. The lowest BCUT2D eigenvalue weighted by molar-refractivity contribution is 0.199. The average molecular weight is 268 g/mol. The third kappa shape index (κ3) is 3.72. The molecule has 0 aliphatic carbocycles. The molecule has 0 amide bonds. The SMILES string of the molecule is COCCc1noc(CNc2cccc(Cl)c2)n1. The van der Waals surface area contributed by atoms with Crippen molar-refractivity contribution in [3.63, 3.8) is 0 Å². The lowest BCUT2D eigenvalue weighted by Gasteiger charge is -2.02. The van der Waals surface area contributed by atoms with E-state index in [0.29, 0.717) is 36.3 Å². The maximum Gasteiger partial charge on any atom is 0.245 e. The van der Waals surface area contributed by atoms with E-state index in [4.69, 9.17) is 20.9 Å². The molecular formula is C12H14ClN3O2. The predicted octanol–water partition coefficient (Wildman–Crippen LogP) is 2.52. The van der Waals surface area contributed by atoms with Crippen molar-refractivity contribution in [2.45, 2.75) is 13.0 Å². The van der Waals surface area contributed by atoms with Crippen LogP contribution in [0.15, 0.2) is 28.8 Å². The Balaban J connectivity index is 1.88. The normalized spacial score (nSPS) is 10.6. The summed E-state index contributed by atoms with van der Waals surface area (Å²) < 4.78 is 10.0. The molecule has 0 aliphatic rings. The van der Waals surface area contributed by atoms with Gasteiger partial charge in [0, 0.05) is 24.2 Å². The Kier molecular flexibility index (Phi) is 4.55. The first-order valence-corrected chi connectivity index (χ1v) is 5.95. The van der Waals surface area contributed by atoms with Crippen molar-refractivity contribution < 1.29 is 9.26 Å². The van der Waals surface area contributed by atoms with Crippen molar-refractivity contribution in [2.24, 2.45) is 0 Å². The Labute approximate surface area is 110 Å². The third-order valence-corrected chi connectivity index (χ3v) is 2.54. The van der Waals surface area contributed by atoms with Gasteiger partial charge in [-0.3, -0.25) is 0 Å². The number of halogens is 1. The number of ether oxygens (including phenoxy) is 1. The van der Waals surface area contributed by atoms with Crippen LogP contribution in [0, 0.1) is 0 Å². The summed E-state index contributed by atoms with van der Waals surface area (Å²) in [4.78, 5) is 4.23. The van der Waals surface area contributed by atoms with Crippen LogP contribution in [0.1, 0.15) is 11.7 Å². The Hall–Kier alpha value is -1.59. The van der Waals surface area contributed by atoms with Gasteiger partial charge in [0.05, 0.1) is 13.2 Å². The van der Waals surface area contributed by atoms with Crippen molar-refractivity contribution >= 4 is 17.3 Å². The molecule has 0 bridgehead atoms. The smallest absolute Gasteiger partial charge is 0.245 e. The Bertz CT molecular complexity index is 502. The van der Waals surface area contributed by atoms with Crippen LogP contribution in [0.2, 0.25) is 5.02 Å². The van der Waals surface area contributed by atoms with Gasteiger partial charge in [-0.1, -0.05) is 22.8 Å². The molecule has 0 fully saturated rings. The molecule has 0 spiro atoms. The van der Waals surface area contributed by atoms with Gasteiger partial charge in [0.1, 0.15) is 0 Å². The molecule has 0 radical (unpaired) electrons. The van der Waals surface area contributed by atoms with Crippen LogP contribution in [-0.2, 0) is 17.7 Å². The minimum Gasteiger partial charge on any atom is -0.384 e. The van der Waals surface area contributed by atoms with Crippen molar-refractivity contribution in [1.29, 1.82) is 0 Å². The van der Waals surface area contributed by atoms with Crippen LogP contribution in [0.5, 0.6) is 0 Å². The van der Waals surface area contributed by atoms with Gasteiger partial charge in [-0.15, -0.1) is 0 Å². The van der Waals surface area contributed by atoms with Crippen LogP contribution in [0.25, 0.3) is 0 Å². The van der Waals surface area contributed by atoms with Crippen LogP contribution in [0.4, 0.5) is 5.69 Å². The molecule has 1 aromatic heterocycles. The summed E-state index contributed by atoms with van der Waals surface area (Å²) in [6.45, 7) is 1.06. The zero-order valence-corrected chi connectivity index (χ0v) is 10.8. The Morgan fingerprint density at radius 2 is 2.33 bits per heavy atom. The number of hydrogen-bond donors (Lipinski definition) is 1. The van der Waals surface area contributed by atoms with E-state index in [1.807, 2.05) is 24.3 Å². The molecule has 5 nitrogen and oxygen atoms in total. The summed E-state index contributed by atoms with van der Waals surface area (Å²) in [5, 5.41) is 7.70. The lowest BCUT2D eigenvalue weighted by atomic mass is 10.3. The summed E-state index contributed by atoms with van der Waals surface area (Å²) in [5.41, 5.74) is 0.916. The largest absolute Gasteiger partial charge is 0.384 e. The quantitative estimate of drug-likeness (QED) is 0.871. The summed E-state index contributed by atoms with van der Waals surface area (Å²) >= 11 is 5.88. The second-order valence-corrected chi connectivity index (χ2v) is 4.15. The fourth-order valence-corrected chi connectivity index (χ4v) is 1.62. The molecule has 18 heavy (non-hydrogen) atoms. The monoisotopic (exact) mass is 267 g/mol. The molecular weight excluding hydrogens is 254 g/mol. The highest BCUT2D eigenvalue weighted by Gasteiger charge is 2.05. The number of methoxy groups -OCH3 is 1. The maximum atomic E-state index is 5.88. The van der Waals surface area contributed by atoms with Gasteiger partial charge in [-0.2, -0.15) is 4.98 Å². The van der Waals surface area contributed by atoms with E-state index in [-0.39, 0.29) is 0 Å². The van der Waals surface area contributed by atoms with Crippen LogP contribution in [-0.4, -0.2) is 23.9 Å². The number of anilines is 1. The number of aromatic nitrogens is 2. The number of nitrogens with zero attached hydrogens (tertiary/aromatic N) is 2. The predicted molar refractivity (Wildman–Crippen MR) is 68.7 cm³/mol. The highest BCUT2D eigenvalue weighted by Crippen LogP contribution is 2.15. The Morgan fingerprint density at radius 1 is 1.44 bits per heavy atom. The number of benzene rings is 1. The minimum absolute atomic E-state index is 0.473. The van der Waals surface area contributed by atoms with Crippen molar-refractivity contribution in [3.05, 3.63) is 41.0 Å². The summed E-state index contributed by atoms with van der Waals surface area (Å²) in [7, 11) is 1.64. The van der Waals surface area contributed by atoms with Gasteiger partial charge in [0.2, 0.25) is 5.89 Å². The van der Waals surface area contributed by atoms with E-state index in [9.17, 15) is 0 Å². The molecule has 0 saturated heterocycles. The first-order valence-electron chi connectivity index (χ1n) is 5.58. The first kappa shape index (κ1) is 12.9. The van der Waals surface area contributed by atoms with Gasteiger partial charge >= 0.3 is 0 Å². The van der Waals surface area contributed by atoms with Gasteiger partial charge in [-0.05, 0) is 18.2 Å². The molecule has 1 aromatic carbocycles. The van der Waals surface area contributed by atoms with Crippen molar-refractivity contribution in [1.82, 2.24) is 10.1 Å². The molecule has 1 N–H and O–H groups in total. The van der Waals surface area contributed by atoms with Gasteiger partial charge in [0.25, 0.3) is 0 Å². The van der Waals surface area contributed by atoms with Crippen LogP contribution >= 0.6 is 11.6 Å². The third-order valence-electron chi connectivity index (χ3n) is 2.31. The molecule has 0 aliphatic heterocycles. The topological polar surface area (TPSA) is 60.2 Å². The van der Waals surface area contributed by atoms with E-state index >= 15 is 0 Å². The second kappa shape index (κ2) is 6.37. The minimum atomic E-state index is 0.473. The fourth-order valence-electron chi connectivity index (χ4n) is 1.43. The molecule has 2 rings (SSSR count). The molecule has 0 unspecified atom stereocenters. The molecule has 2 aromatic rings. The molecule has 6 heteroatoms. The van der Waals surface area contributed by atoms with E-state index in [1.54, 1.807) is 7.11 Å². The average Bonchev–Trinajstić information content (AvgIpc) is 2.82. The maximum absolute atomic E-state index is 5.88. The van der Waals surface area contributed by atoms with Gasteiger partial charge in [0.15, 0.2) is 5.82 Å². The Morgan fingerprint density at radius 3 is 3.11 bits per heavy atom. The van der Waals surface area contributed by atoms with Gasteiger partial charge in [-0.25, -0.2) is 0 Å². The highest BCUT2D eigenvalue weighted by atomic mass is 35.5. The van der Waals surface area contributed by atoms with E-state index in [2.05, 4.69) is 15.5 Å². The zero-order chi connectivity index (χ0) is 12.8. The molecule has 0 atom stereocenters. The number of rotatable bonds is 6. The van der Waals surface area contributed by atoms with E-state index < -0.39 is 0 Å². The summed E-state index contributed by atoms with van der Waals surface area (Å²) in [6, 6.07) is 7.46. The standard InChI is InChI=1S/C12H14ClN3O2/c1-17-6-5-11-15-12(18-16-11)8-14-10-4-2-3-9(13)7-10/h2-4,7,14H,5-6,8H2,1H3. The van der Waals surface area contributed by atoms with Crippen molar-refractivity contribution in [3.8, 4) is 0 Å². The molecule has 1 heterocycles. The first-order chi connectivity index (χ1) is 8.78. The van der Waals surface area contributed by atoms with Crippen LogP contribution in [0.3, 0.4) is 0 Å². The summed E-state index contributed by atoms with van der Waals surface area (Å²) in [5.74, 6) is 1.20. The highest BCUT2D eigenvalue weighted by molar-refractivity contribution is 6.30. The number of nitrogens with one attached hydrogen (secondary N) is 1. The molecule has 0 saturated carbocycles. The summed E-state index contributed by atoms with van der Waals surface area (Å²) in [6.07, 6.45) is 0.650. The van der Waals surface area contributed by atoms with Crippen LogP contribution < -0.4 is 5.32 Å². The van der Waals surface area contributed by atoms with Crippen molar-refractivity contribution in [2.75, 3.05) is 19.0 Å². The fraction of sp³-hybridized carbons (Fsp3) is 0.333. The van der Waals surface area contributed by atoms with E-state index in [1.165, 1.54) is 0 Å². The van der Waals surface area contributed by atoms with E-state index in [0.717, 1.165) is 5.69 Å². The zero-order valence-electron chi connectivity index (χ0n) is 10.0. The lowest BCUT2D eigenvalue weighted by Crippen LogP contribution is -2.00.